The summed E-state index contributed by atoms with van der Waals surface area (Å²) in [6.07, 6.45) is 9.78. The predicted molar refractivity (Wildman–Crippen MR) is 82.6 cm³/mol. The van der Waals surface area contributed by atoms with Gasteiger partial charge in [0, 0.05) is 18.6 Å². The number of hydrogen-bond donors (Lipinski definition) is 1. The molecule has 0 radical (unpaired) electrons. The molecule has 1 saturated carbocycles. The van der Waals surface area contributed by atoms with Gasteiger partial charge in [0.15, 0.2) is 0 Å². The molecule has 0 aromatic carbocycles. The van der Waals surface area contributed by atoms with Gasteiger partial charge < -0.3 is 10.2 Å². The highest BCUT2D eigenvalue weighted by Crippen LogP contribution is 2.18. The van der Waals surface area contributed by atoms with Crippen molar-refractivity contribution >= 4 is 0 Å². The lowest BCUT2D eigenvalue weighted by atomic mass is 10.2. The van der Waals surface area contributed by atoms with E-state index in [0.717, 1.165) is 12.1 Å². The Balaban J connectivity index is 1.52. The minimum Gasteiger partial charge on any atom is -0.314 e. The summed E-state index contributed by atoms with van der Waals surface area (Å²) in [6.45, 7) is 8.55. The average Bonchev–Trinajstić information content (AvgIpc) is 3.05. The van der Waals surface area contributed by atoms with Crippen LogP contribution in [0.1, 0.15) is 51.9 Å². The van der Waals surface area contributed by atoms with Gasteiger partial charge in [0.1, 0.15) is 0 Å². The first kappa shape index (κ1) is 15.3. The lowest BCUT2D eigenvalue weighted by molar-refractivity contribution is 0.197. The molecule has 19 heavy (non-hydrogen) atoms. The van der Waals surface area contributed by atoms with E-state index >= 15 is 0 Å². The second-order valence-corrected chi connectivity index (χ2v) is 6.48. The van der Waals surface area contributed by atoms with Gasteiger partial charge in [-0.2, -0.15) is 0 Å². The van der Waals surface area contributed by atoms with Crippen molar-refractivity contribution in [2.24, 2.45) is 0 Å². The van der Waals surface area contributed by atoms with Crippen LogP contribution in [0, 0.1) is 0 Å². The number of nitrogens with one attached hydrogen (secondary N) is 1. The maximum atomic E-state index is 3.71. The van der Waals surface area contributed by atoms with E-state index < -0.39 is 0 Å². The Kier molecular flexibility index (Phi) is 6.62. The van der Waals surface area contributed by atoms with Gasteiger partial charge in [0.2, 0.25) is 0 Å². The third-order valence-electron chi connectivity index (χ3n) is 4.93. The molecule has 0 aromatic heterocycles. The van der Waals surface area contributed by atoms with E-state index in [2.05, 4.69) is 29.1 Å². The molecule has 2 rings (SSSR count). The maximum absolute atomic E-state index is 3.71. The number of hydrogen-bond acceptors (Lipinski definition) is 3. The summed E-state index contributed by atoms with van der Waals surface area (Å²) >= 11 is 0. The first-order valence-electron chi connectivity index (χ1n) is 8.45. The Hall–Kier alpha value is -0.120. The molecule has 1 atom stereocenters. The molecule has 1 heterocycles. The van der Waals surface area contributed by atoms with E-state index in [1.54, 1.807) is 0 Å². The fourth-order valence-corrected chi connectivity index (χ4v) is 3.75. The van der Waals surface area contributed by atoms with E-state index in [1.165, 1.54) is 77.7 Å². The minimum absolute atomic E-state index is 0.817. The largest absolute Gasteiger partial charge is 0.314 e. The van der Waals surface area contributed by atoms with Crippen molar-refractivity contribution in [3.63, 3.8) is 0 Å². The maximum Gasteiger partial charge on any atom is 0.0223 e. The number of nitrogens with zero attached hydrogens (tertiary/aromatic N) is 2. The van der Waals surface area contributed by atoms with Gasteiger partial charge >= 0.3 is 0 Å². The zero-order valence-corrected chi connectivity index (χ0v) is 13.0. The topological polar surface area (TPSA) is 18.5 Å². The Bertz CT molecular complexity index is 238. The van der Waals surface area contributed by atoms with Crippen molar-refractivity contribution in [1.82, 2.24) is 15.1 Å². The van der Waals surface area contributed by atoms with E-state index in [0.29, 0.717) is 0 Å². The standard InChI is InChI=1S/C16H33N3/c1-3-19-13-6-10-16(19)14-18(2)12-7-11-17-15-8-4-5-9-15/h15-17H,3-14H2,1-2H3. The lowest BCUT2D eigenvalue weighted by Gasteiger charge is -2.27. The van der Waals surface area contributed by atoms with Crippen LogP contribution in [0.15, 0.2) is 0 Å². The minimum atomic E-state index is 0.817. The summed E-state index contributed by atoms with van der Waals surface area (Å²) in [5.74, 6) is 0. The van der Waals surface area contributed by atoms with Gasteiger partial charge in [-0.05, 0) is 65.3 Å². The van der Waals surface area contributed by atoms with Gasteiger partial charge in [0.05, 0.1) is 0 Å². The second-order valence-electron chi connectivity index (χ2n) is 6.48. The molecule has 2 fully saturated rings. The molecule has 2 aliphatic rings. The van der Waals surface area contributed by atoms with E-state index in [9.17, 15) is 0 Å². The summed E-state index contributed by atoms with van der Waals surface area (Å²) in [5.41, 5.74) is 0. The molecule has 1 saturated heterocycles. The summed E-state index contributed by atoms with van der Waals surface area (Å²) in [7, 11) is 2.29. The van der Waals surface area contributed by atoms with Crippen LogP contribution in [0.25, 0.3) is 0 Å². The first-order chi connectivity index (χ1) is 9.29. The van der Waals surface area contributed by atoms with Gasteiger partial charge in [-0.1, -0.05) is 19.8 Å². The molecule has 0 bridgehead atoms. The van der Waals surface area contributed by atoms with E-state index in [1.807, 2.05) is 0 Å². The highest BCUT2D eigenvalue weighted by Gasteiger charge is 2.23. The van der Waals surface area contributed by atoms with Crippen LogP contribution in [0.3, 0.4) is 0 Å². The lowest BCUT2D eigenvalue weighted by Crippen LogP contribution is -2.39. The number of likely N-dealkylation sites (N-methyl/N-ethyl adjacent to an activating group) is 2. The third kappa shape index (κ3) is 5.05. The quantitative estimate of drug-likeness (QED) is 0.681. The summed E-state index contributed by atoms with van der Waals surface area (Å²) in [4.78, 5) is 5.18. The molecule has 1 aliphatic heterocycles. The molecule has 0 amide bonds. The van der Waals surface area contributed by atoms with Crippen molar-refractivity contribution in [1.29, 1.82) is 0 Å². The Morgan fingerprint density at radius 2 is 1.95 bits per heavy atom. The van der Waals surface area contributed by atoms with Crippen molar-refractivity contribution in [3.05, 3.63) is 0 Å². The molecule has 1 N–H and O–H groups in total. The van der Waals surface area contributed by atoms with Crippen LogP contribution in [0.4, 0.5) is 0 Å². The molecule has 1 unspecified atom stereocenters. The molecular weight excluding hydrogens is 234 g/mol. The molecule has 112 valence electrons. The molecule has 0 spiro atoms. The molecule has 3 nitrogen and oxygen atoms in total. The third-order valence-corrected chi connectivity index (χ3v) is 4.93. The Labute approximate surface area is 119 Å². The summed E-state index contributed by atoms with van der Waals surface area (Å²) in [6, 6.07) is 1.65. The van der Waals surface area contributed by atoms with Crippen molar-refractivity contribution in [2.45, 2.75) is 64.0 Å². The van der Waals surface area contributed by atoms with Gasteiger partial charge in [-0.25, -0.2) is 0 Å². The summed E-state index contributed by atoms with van der Waals surface area (Å²) < 4.78 is 0. The fraction of sp³-hybridized carbons (Fsp3) is 1.00. The summed E-state index contributed by atoms with van der Waals surface area (Å²) in [5, 5.41) is 3.71. The number of likely N-dealkylation sites (tertiary alicyclic amines) is 1. The van der Waals surface area contributed by atoms with Gasteiger partial charge in [-0.3, -0.25) is 4.90 Å². The highest BCUT2D eigenvalue weighted by atomic mass is 15.2. The Morgan fingerprint density at radius 1 is 1.16 bits per heavy atom. The highest BCUT2D eigenvalue weighted by molar-refractivity contribution is 4.80. The van der Waals surface area contributed by atoms with Crippen LogP contribution >= 0.6 is 0 Å². The fourth-order valence-electron chi connectivity index (χ4n) is 3.75. The zero-order chi connectivity index (χ0) is 13.5. The SMILES string of the molecule is CCN1CCCC1CN(C)CCCNC1CCCC1. The first-order valence-corrected chi connectivity index (χ1v) is 8.45. The van der Waals surface area contributed by atoms with Crippen LogP contribution in [-0.2, 0) is 0 Å². The van der Waals surface area contributed by atoms with Crippen molar-refractivity contribution in [3.8, 4) is 0 Å². The smallest absolute Gasteiger partial charge is 0.0223 e. The zero-order valence-electron chi connectivity index (χ0n) is 13.0. The Morgan fingerprint density at radius 3 is 2.68 bits per heavy atom. The molecule has 3 heteroatoms. The number of rotatable bonds is 8. The van der Waals surface area contributed by atoms with Crippen LogP contribution in [0.5, 0.6) is 0 Å². The van der Waals surface area contributed by atoms with E-state index in [-0.39, 0.29) is 0 Å². The van der Waals surface area contributed by atoms with Crippen LogP contribution in [-0.4, -0.2) is 61.7 Å². The van der Waals surface area contributed by atoms with Crippen molar-refractivity contribution in [2.75, 3.05) is 39.8 Å². The van der Waals surface area contributed by atoms with Gasteiger partial charge in [-0.15, -0.1) is 0 Å². The van der Waals surface area contributed by atoms with Crippen LogP contribution in [0.2, 0.25) is 0 Å². The van der Waals surface area contributed by atoms with E-state index in [4.69, 9.17) is 0 Å². The molecule has 1 aliphatic carbocycles. The predicted octanol–water partition coefficient (Wildman–Crippen LogP) is 2.32. The molecule has 0 aromatic rings. The second kappa shape index (κ2) is 8.23. The van der Waals surface area contributed by atoms with Crippen LogP contribution < -0.4 is 5.32 Å². The average molecular weight is 267 g/mol. The normalized spacial score (nSPS) is 25.7. The molecular formula is C16H33N3. The monoisotopic (exact) mass is 267 g/mol. The van der Waals surface area contributed by atoms with Crippen molar-refractivity contribution < 1.29 is 0 Å². The van der Waals surface area contributed by atoms with Gasteiger partial charge in [0.25, 0.3) is 0 Å².